The van der Waals surface area contributed by atoms with Crippen LogP contribution in [0.1, 0.15) is 101 Å². The smallest absolute Gasteiger partial charge is 0.0568 e. The molecule has 0 amide bonds. The van der Waals surface area contributed by atoms with Crippen molar-refractivity contribution >= 4 is 0 Å². The molecule has 0 aromatic heterocycles. The molecule has 23 heavy (non-hydrogen) atoms. The van der Waals surface area contributed by atoms with E-state index in [1.54, 1.807) is 0 Å². The average molecular weight is 325 g/mol. The van der Waals surface area contributed by atoms with E-state index in [2.05, 4.69) is 62.3 Å². The van der Waals surface area contributed by atoms with Crippen LogP contribution in [0.4, 0.5) is 0 Å². The lowest BCUT2D eigenvalue weighted by Crippen LogP contribution is -2.48. The number of rotatable bonds is 8. The predicted molar refractivity (Wildman–Crippen MR) is 103 cm³/mol. The van der Waals surface area contributed by atoms with Gasteiger partial charge in [-0.3, -0.25) is 0 Å². The highest BCUT2D eigenvalue weighted by atomic mass is 16.3. The summed E-state index contributed by atoms with van der Waals surface area (Å²) in [6, 6.07) is 0. The van der Waals surface area contributed by atoms with E-state index in [-0.39, 0.29) is 11.5 Å². The van der Waals surface area contributed by atoms with Crippen molar-refractivity contribution in [2.24, 2.45) is 33.5 Å². The first-order valence-corrected chi connectivity index (χ1v) is 9.88. The van der Waals surface area contributed by atoms with Crippen molar-refractivity contribution in [2.45, 2.75) is 107 Å². The van der Waals surface area contributed by atoms with Gasteiger partial charge in [0, 0.05) is 0 Å². The van der Waals surface area contributed by atoms with Crippen LogP contribution >= 0.6 is 0 Å². The van der Waals surface area contributed by atoms with E-state index in [0.717, 1.165) is 5.92 Å². The molecule has 138 valence electrons. The zero-order chi connectivity index (χ0) is 18.3. The van der Waals surface area contributed by atoms with Crippen molar-refractivity contribution in [3.05, 3.63) is 0 Å². The Morgan fingerprint density at radius 2 is 1.39 bits per heavy atom. The van der Waals surface area contributed by atoms with Crippen LogP contribution in [0.5, 0.6) is 0 Å². The van der Waals surface area contributed by atoms with Crippen molar-refractivity contribution in [2.75, 3.05) is 0 Å². The first-order valence-electron chi connectivity index (χ1n) is 9.88. The van der Waals surface area contributed by atoms with E-state index in [1.165, 1.54) is 32.1 Å². The zero-order valence-electron chi connectivity index (χ0n) is 17.7. The van der Waals surface area contributed by atoms with E-state index < -0.39 is 0 Å². The summed E-state index contributed by atoms with van der Waals surface area (Å²) in [7, 11) is 0. The molecule has 1 N–H and O–H groups in total. The van der Waals surface area contributed by atoms with Crippen LogP contribution in [0.15, 0.2) is 0 Å². The highest BCUT2D eigenvalue weighted by Crippen LogP contribution is 2.72. The molecule has 3 unspecified atom stereocenters. The van der Waals surface area contributed by atoms with Gasteiger partial charge in [-0.25, -0.2) is 0 Å². The molecule has 1 saturated carbocycles. The molecule has 0 aliphatic heterocycles. The maximum absolute atomic E-state index is 10.4. The fourth-order valence-corrected chi connectivity index (χ4v) is 5.25. The van der Waals surface area contributed by atoms with Crippen molar-refractivity contribution < 1.29 is 5.11 Å². The molecule has 3 atom stereocenters. The Labute approximate surface area is 146 Å². The summed E-state index contributed by atoms with van der Waals surface area (Å²) in [6.45, 7) is 23.4. The molecule has 1 rings (SSSR count). The number of aliphatic hydroxyl groups excluding tert-OH is 1. The van der Waals surface area contributed by atoms with Gasteiger partial charge in [0.05, 0.1) is 6.10 Å². The summed E-state index contributed by atoms with van der Waals surface area (Å²) in [5.41, 5.74) is 1.05. The summed E-state index contributed by atoms with van der Waals surface area (Å²) in [4.78, 5) is 0. The van der Waals surface area contributed by atoms with Crippen molar-refractivity contribution in [3.63, 3.8) is 0 Å². The van der Waals surface area contributed by atoms with Crippen molar-refractivity contribution in [1.29, 1.82) is 0 Å². The Balaban J connectivity index is 2.93. The standard InChI is InChI=1S/C22H44O/c1-16(2)21(10,12-11-17(3)15-19(5,6)7)22(13-14-22)20(8,9)18(4)23/h16-18,23H,11-15H2,1-10H3. The summed E-state index contributed by atoms with van der Waals surface area (Å²) >= 11 is 0. The lowest BCUT2D eigenvalue weighted by Gasteiger charge is -2.52. The van der Waals surface area contributed by atoms with Gasteiger partial charge >= 0.3 is 0 Å². The molecule has 1 fully saturated rings. The second kappa shape index (κ2) is 6.70. The molecule has 0 saturated heterocycles. The Morgan fingerprint density at radius 1 is 0.913 bits per heavy atom. The zero-order valence-corrected chi connectivity index (χ0v) is 17.7. The first kappa shape index (κ1) is 21.0. The van der Waals surface area contributed by atoms with Gasteiger partial charge < -0.3 is 5.11 Å². The third-order valence-electron chi connectivity index (χ3n) is 7.51. The topological polar surface area (TPSA) is 20.2 Å². The van der Waals surface area contributed by atoms with E-state index in [9.17, 15) is 5.11 Å². The van der Waals surface area contributed by atoms with E-state index in [1.807, 2.05) is 6.92 Å². The highest BCUT2D eigenvalue weighted by molar-refractivity contribution is 5.14. The van der Waals surface area contributed by atoms with Gasteiger partial charge in [-0.2, -0.15) is 0 Å². The van der Waals surface area contributed by atoms with Gasteiger partial charge in [0.25, 0.3) is 0 Å². The van der Waals surface area contributed by atoms with E-state index >= 15 is 0 Å². The molecular weight excluding hydrogens is 280 g/mol. The van der Waals surface area contributed by atoms with Crippen LogP contribution in [-0.2, 0) is 0 Å². The van der Waals surface area contributed by atoms with Crippen LogP contribution in [-0.4, -0.2) is 11.2 Å². The summed E-state index contributed by atoms with van der Waals surface area (Å²) in [6.07, 6.45) is 6.23. The molecule has 1 nitrogen and oxygen atoms in total. The molecule has 1 heteroatoms. The normalized spacial score (nSPS) is 23.5. The van der Waals surface area contributed by atoms with Crippen molar-refractivity contribution in [3.8, 4) is 0 Å². The molecule has 1 aliphatic carbocycles. The maximum Gasteiger partial charge on any atom is 0.0568 e. The monoisotopic (exact) mass is 324 g/mol. The molecule has 0 bridgehead atoms. The Hall–Kier alpha value is -0.0400. The molecule has 1 aliphatic rings. The van der Waals surface area contributed by atoms with Crippen molar-refractivity contribution in [1.82, 2.24) is 0 Å². The third-order valence-corrected chi connectivity index (χ3v) is 7.51. The maximum atomic E-state index is 10.4. The minimum Gasteiger partial charge on any atom is -0.393 e. The second-order valence-electron chi connectivity index (χ2n) is 11.0. The summed E-state index contributed by atoms with van der Waals surface area (Å²) in [5, 5.41) is 10.4. The fourth-order valence-electron chi connectivity index (χ4n) is 5.25. The quantitative estimate of drug-likeness (QED) is 0.527. The number of hydrogen-bond acceptors (Lipinski definition) is 1. The Bertz CT molecular complexity index is 381. The van der Waals surface area contributed by atoms with Crippen LogP contribution in [0.3, 0.4) is 0 Å². The van der Waals surface area contributed by atoms with Crippen LogP contribution < -0.4 is 0 Å². The molecule has 0 radical (unpaired) electrons. The summed E-state index contributed by atoms with van der Waals surface area (Å²) < 4.78 is 0. The Kier molecular flexibility index (Phi) is 6.11. The second-order valence-corrected chi connectivity index (χ2v) is 11.0. The largest absolute Gasteiger partial charge is 0.393 e. The lowest BCUT2D eigenvalue weighted by molar-refractivity contribution is -0.0791. The molecule has 0 aromatic carbocycles. The van der Waals surface area contributed by atoms with Gasteiger partial charge in [0.2, 0.25) is 0 Å². The third kappa shape index (κ3) is 4.14. The summed E-state index contributed by atoms with van der Waals surface area (Å²) in [5.74, 6) is 1.43. The van der Waals surface area contributed by atoms with Gasteiger partial charge in [-0.15, -0.1) is 0 Å². The minimum absolute atomic E-state index is 0.000709. The average Bonchev–Trinajstić information content (AvgIpc) is 3.15. The first-order chi connectivity index (χ1) is 10.2. The molecular formula is C22H44O. The predicted octanol–water partition coefficient (Wildman–Crippen LogP) is 6.69. The Morgan fingerprint density at radius 3 is 1.70 bits per heavy atom. The van der Waals surface area contributed by atoms with Gasteiger partial charge in [0.15, 0.2) is 0 Å². The number of aliphatic hydroxyl groups is 1. The SMILES string of the molecule is CC(CCC(C)(C(C)C)C1(C(C)(C)C(C)O)CC1)CC(C)(C)C. The van der Waals surface area contributed by atoms with E-state index in [0.29, 0.717) is 22.2 Å². The van der Waals surface area contributed by atoms with E-state index in [4.69, 9.17) is 0 Å². The molecule has 0 aromatic rings. The fraction of sp³-hybridized carbons (Fsp3) is 1.00. The number of hydrogen-bond donors (Lipinski definition) is 1. The van der Waals surface area contributed by atoms with Gasteiger partial charge in [0.1, 0.15) is 0 Å². The molecule has 0 heterocycles. The van der Waals surface area contributed by atoms with Crippen LogP contribution in [0.25, 0.3) is 0 Å². The van der Waals surface area contributed by atoms with Gasteiger partial charge in [-0.05, 0) is 66.1 Å². The van der Waals surface area contributed by atoms with Crippen LogP contribution in [0, 0.1) is 33.5 Å². The lowest BCUT2D eigenvalue weighted by atomic mass is 9.53. The highest BCUT2D eigenvalue weighted by Gasteiger charge is 2.65. The van der Waals surface area contributed by atoms with Gasteiger partial charge in [-0.1, -0.05) is 68.7 Å². The molecule has 0 spiro atoms. The minimum atomic E-state index is -0.241. The van der Waals surface area contributed by atoms with Crippen LogP contribution in [0.2, 0.25) is 0 Å².